The van der Waals surface area contributed by atoms with Crippen molar-refractivity contribution in [1.82, 2.24) is 0 Å². The van der Waals surface area contributed by atoms with Crippen LogP contribution in [0.3, 0.4) is 0 Å². The van der Waals surface area contributed by atoms with Crippen LogP contribution in [0.2, 0.25) is 0 Å². The van der Waals surface area contributed by atoms with Crippen LogP contribution >= 0.6 is 0 Å². The zero-order valence-corrected chi connectivity index (χ0v) is 18.2. The van der Waals surface area contributed by atoms with Crippen molar-refractivity contribution < 1.29 is 40.4 Å². The molecule has 0 amide bonds. The molecule has 0 aliphatic carbocycles. The van der Waals surface area contributed by atoms with E-state index in [0.717, 1.165) is 0 Å². The lowest BCUT2D eigenvalue weighted by Gasteiger charge is -2.34. The van der Waals surface area contributed by atoms with Gasteiger partial charge < -0.3 is 10.0 Å². The number of carboxylic acid groups (broad SMARTS) is 1. The summed E-state index contributed by atoms with van der Waals surface area (Å²) in [7, 11) is -4.17. The number of nitrogens with zero attached hydrogens (tertiary/aromatic N) is 1. The van der Waals surface area contributed by atoms with Crippen molar-refractivity contribution in [2.75, 3.05) is 17.2 Å². The van der Waals surface area contributed by atoms with Gasteiger partial charge in [0.15, 0.2) is 23.3 Å². The van der Waals surface area contributed by atoms with Gasteiger partial charge >= 0.3 is 5.97 Å². The third kappa shape index (κ3) is 5.49. The highest BCUT2D eigenvalue weighted by atomic mass is 32.2. The maximum absolute atomic E-state index is 14.8. The molecule has 0 aromatic heterocycles. The number of unbranched alkanes of at least 4 members (excludes halogenated alkanes) is 3. The van der Waals surface area contributed by atoms with Gasteiger partial charge in [0.05, 0.1) is 11.4 Å². The lowest BCUT2D eigenvalue weighted by atomic mass is 9.74. The van der Waals surface area contributed by atoms with E-state index >= 15 is 0 Å². The van der Waals surface area contributed by atoms with Crippen molar-refractivity contribution in [3.05, 3.63) is 28.8 Å². The number of anilines is 1. The number of rotatable bonds is 11. The van der Waals surface area contributed by atoms with Crippen molar-refractivity contribution in [3.8, 4) is 0 Å². The van der Waals surface area contributed by atoms with Gasteiger partial charge in [-0.15, -0.1) is 0 Å². The lowest BCUT2D eigenvalue weighted by Crippen LogP contribution is -2.41. The minimum absolute atomic E-state index is 0.0222. The SMILES string of the molecule is CC1N(CCCCS(=O)(=O)O)c2c(F)c(F)c(F)c(F)c2C1(C)CCCCCC(=O)O. The zero-order valence-electron chi connectivity index (χ0n) is 17.4. The second-order valence-corrected chi connectivity index (χ2v) is 9.79. The van der Waals surface area contributed by atoms with E-state index in [4.69, 9.17) is 9.66 Å². The van der Waals surface area contributed by atoms with Crippen LogP contribution in [-0.4, -0.2) is 42.4 Å². The number of benzene rings is 1. The lowest BCUT2D eigenvalue weighted by molar-refractivity contribution is -0.137. The Kier molecular flexibility index (Phi) is 7.96. The van der Waals surface area contributed by atoms with E-state index in [9.17, 15) is 30.8 Å². The minimum atomic E-state index is -4.17. The summed E-state index contributed by atoms with van der Waals surface area (Å²) in [6, 6.07) is -0.557. The summed E-state index contributed by atoms with van der Waals surface area (Å²) in [5.41, 5.74) is -1.70. The van der Waals surface area contributed by atoms with Gasteiger partial charge in [0.1, 0.15) is 0 Å². The molecule has 1 aliphatic rings. The number of hydrogen-bond acceptors (Lipinski definition) is 4. The normalized spacial score (nSPS) is 20.9. The van der Waals surface area contributed by atoms with Crippen molar-refractivity contribution in [2.24, 2.45) is 0 Å². The van der Waals surface area contributed by atoms with E-state index in [1.807, 2.05) is 0 Å². The Morgan fingerprint density at radius 1 is 1.00 bits per heavy atom. The Labute approximate surface area is 179 Å². The van der Waals surface area contributed by atoms with Crippen LogP contribution in [0, 0.1) is 23.3 Å². The third-order valence-electron chi connectivity index (χ3n) is 6.13. The molecule has 0 fully saturated rings. The summed E-state index contributed by atoms with van der Waals surface area (Å²) in [5.74, 6) is -8.17. The Balaban J connectivity index is 2.31. The van der Waals surface area contributed by atoms with E-state index in [1.165, 1.54) is 4.90 Å². The van der Waals surface area contributed by atoms with Crippen LogP contribution in [0.15, 0.2) is 0 Å². The standard InChI is InChI=1S/C20H27F4NO5S/c1-12-20(2,9-5-3-4-8-13(26)27)14-15(21)16(22)17(23)18(24)19(14)25(12)10-6-7-11-31(28,29)30/h12H,3-11H2,1-2H3,(H,26,27)(H,28,29,30). The number of hydrogen-bond donors (Lipinski definition) is 2. The maximum Gasteiger partial charge on any atom is 0.303 e. The first-order chi connectivity index (χ1) is 14.3. The van der Waals surface area contributed by atoms with E-state index in [1.54, 1.807) is 13.8 Å². The van der Waals surface area contributed by atoms with E-state index < -0.39 is 56.6 Å². The Morgan fingerprint density at radius 3 is 2.19 bits per heavy atom. The summed E-state index contributed by atoms with van der Waals surface area (Å²) < 4.78 is 88.2. The van der Waals surface area contributed by atoms with Crippen LogP contribution in [0.5, 0.6) is 0 Å². The third-order valence-corrected chi connectivity index (χ3v) is 6.93. The molecule has 0 bridgehead atoms. The van der Waals surface area contributed by atoms with Gasteiger partial charge in [-0.25, -0.2) is 17.6 Å². The molecule has 0 radical (unpaired) electrons. The summed E-state index contributed by atoms with van der Waals surface area (Å²) in [5, 5.41) is 8.73. The van der Waals surface area contributed by atoms with Crippen LogP contribution in [0.1, 0.15) is 64.4 Å². The van der Waals surface area contributed by atoms with E-state index in [0.29, 0.717) is 25.7 Å². The molecule has 1 aliphatic heterocycles. The molecule has 2 N–H and O–H groups in total. The van der Waals surface area contributed by atoms with Crippen LogP contribution in [-0.2, 0) is 20.3 Å². The van der Waals surface area contributed by atoms with Gasteiger partial charge in [-0.3, -0.25) is 9.35 Å². The van der Waals surface area contributed by atoms with Gasteiger partial charge in [0.2, 0.25) is 0 Å². The van der Waals surface area contributed by atoms with Crippen molar-refractivity contribution in [3.63, 3.8) is 0 Å². The van der Waals surface area contributed by atoms with Gasteiger partial charge in [-0.05, 0) is 32.6 Å². The Bertz CT molecular complexity index is 940. The molecule has 0 saturated carbocycles. The fraction of sp³-hybridized carbons (Fsp3) is 0.650. The average Bonchev–Trinajstić information content (AvgIpc) is 2.88. The van der Waals surface area contributed by atoms with Gasteiger partial charge in [-0.1, -0.05) is 19.8 Å². The molecule has 1 aromatic carbocycles. The van der Waals surface area contributed by atoms with E-state index in [2.05, 4.69) is 0 Å². The summed E-state index contributed by atoms with van der Waals surface area (Å²) >= 11 is 0. The Morgan fingerprint density at radius 2 is 1.61 bits per heavy atom. The number of fused-ring (bicyclic) bond motifs is 1. The van der Waals surface area contributed by atoms with Gasteiger partial charge in [0, 0.05) is 30.0 Å². The highest BCUT2D eigenvalue weighted by Gasteiger charge is 2.50. The molecule has 176 valence electrons. The largest absolute Gasteiger partial charge is 0.481 e. The molecule has 6 nitrogen and oxygen atoms in total. The second-order valence-electron chi connectivity index (χ2n) is 8.21. The van der Waals surface area contributed by atoms with Crippen molar-refractivity contribution in [2.45, 2.75) is 70.3 Å². The molecule has 2 rings (SSSR count). The summed E-state index contributed by atoms with van der Waals surface area (Å²) in [6.07, 6.45) is 1.92. The first kappa shape index (κ1) is 25.4. The minimum Gasteiger partial charge on any atom is -0.481 e. The molecule has 1 heterocycles. The zero-order chi connectivity index (χ0) is 23.6. The molecular formula is C20H27F4NO5S. The fourth-order valence-electron chi connectivity index (χ4n) is 4.31. The average molecular weight is 469 g/mol. The number of carboxylic acids is 1. The predicted octanol–water partition coefficient (Wildman–Crippen LogP) is 4.41. The monoisotopic (exact) mass is 469 g/mol. The molecular weight excluding hydrogens is 442 g/mol. The molecule has 1 aromatic rings. The molecule has 0 spiro atoms. The topological polar surface area (TPSA) is 94.9 Å². The number of halogens is 4. The first-order valence-corrected chi connectivity index (χ1v) is 11.7. The molecule has 0 saturated heterocycles. The number of aliphatic carboxylic acids is 1. The highest BCUT2D eigenvalue weighted by molar-refractivity contribution is 7.85. The fourth-order valence-corrected chi connectivity index (χ4v) is 4.88. The molecule has 31 heavy (non-hydrogen) atoms. The van der Waals surface area contributed by atoms with Crippen LogP contribution in [0.25, 0.3) is 0 Å². The molecule has 2 atom stereocenters. The second kappa shape index (κ2) is 9.72. The Hall–Kier alpha value is -1.88. The summed E-state index contributed by atoms with van der Waals surface area (Å²) in [6.45, 7) is 3.36. The first-order valence-electron chi connectivity index (χ1n) is 10.1. The molecule has 11 heteroatoms. The van der Waals surface area contributed by atoms with Gasteiger partial charge in [-0.2, -0.15) is 8.42 Å². The maximum atomic E-state index is 14.8. The predicted molar refractivity (Wildman–Crippen MR) is 107 cm³/mol. The van der Waals surface area contributed by atoms with Crippen molar-refractivity contribution in [1.29, 1.82) is 0 Å². The number of carbonyl (C=O) groups is 1. The van der Waals surface area contributed by atoms with E-state index in [-0.39, 0.29) is 37.1 Å². The quantitative estimate of drug-likeness (QED) is 0.164. The van der Waals surface area contributed by atoms with Crippen molar-refractivity contribution >= 4 is 21.8 Å². The van der Waals surface area contributed by atoms with Crippen LogP contribution < -0.4 is 4.90 Å². The smallest absolute Gasteiger partial charge is 0.303 e. The summed E-state index contributed by atoms with van der Waals surface area (Å²) in [4.78, 5) is 12.1. The van der Waals surface area contributed by atoms with Crippen LogP contribution in [0.4, 0.5) is 23.2 Å². The highest BCUT2D eigenvalue weighted by Crippen LogP contribution is 2.51. The molecule has 2 unspecified atom stereocenters. The van der Waals surface area contributed by atoms with Gasteiger partial charge in [0.25, 0.3) is 10.1 Å².